The van der Waals surface area contributed by atoms with E-state index in [9.17, 15) is 9.59 Å². The van der Waals surface area contributed by atoms with Gasteiger partial charge in [0.2, 0.25) is 5.91 Å². The minimum absolute atomic E-state index is 0.149. The number of aryl methyl sites for hydroxylation is 1. The molecule has 8 nitrogen and oxygen atoms in total. The molecule has 2 N–H and O–H groups in total. The van der Waals surface area contributed by atoms with Crippen LogP contribution in [0.15, 0.2) is 66.6 Å². The highest BCUT2D eigenvalue weighted by Gasteiger charge is 2.12. The normalized spacial score (nSPS) is 10.6. The number of anilines is 2. The third-order valence-electron chi connectivity index (χ3n) is 4.74. The quantitative estimate of drug-likeness (QED) is 0.371. The van der Waals surface area contributed by atoms with E-state index in [4.69, 9.17) is 16.3 Å². The third kappa shape index (κ3) is 5.76. The lowest BCUT2D eigenvalue weighted by Crippen LogP contribution is -2.15. The van der Waals surface area contributed by atoms with E-state index < -0.39 is 0 Å². The molecule has 2 amide bonds. The Balaban J connectivity index is 1.38. The Kier molecular flexibility index (Phi) is 7.01. The van der Waals surface area contributed by atoms with E-state index in [2.05, 4.69) is 20.6 Å². The zero-order chi connectivity index (χ0) is 23.2. The van der Waals surface area contributed by atoms with Crippen LogP contribution in [0.4, 0.5) is 10.8 Å². The van der Waals surface area contributed by atoms with Gasteiger partial charge in [-0.2, -0.15) is 0 Å². The van der Waals surface area contributed by atoms with Crippen LogP contribution in [0.5, 0.6) is 5.75 Å². The van der Waals surface area contributed by atoms with Gasteiger partial charge in [-0.3, -0.25) is 14.9 Å². The molecule has 4 rings (SSSR count). The molecule has 0 aliphatic rings. The molecule has 2 heterocycles. The van der Waals surface area contributed by atoms with Gasteiger partial charge >= 0.3 is 0 Å². The van der Waals surface area contributed by atoms with Gasteiger partial charge in [0.05, 0.1) is 24.2 Å². The first-order valence-corrected chi connectivity index (χ1v) is 11.2. The van der Waals surface area contributed by atoms with Gasteiger partial charge in [0, 0.05) is 47.6 Å². The van der Waals surface area contributed by atoms with Crippen molar-refractivity contribution in [1.82, 2.24) is 14.5 Å². The van der Waals surface area contributed by atoms with Crippen LogP contribution in [0.1, 0.15) is 16.8 Å². The lowest BCUT2D eigenvalue weighted by molar-refractivity contribution is -0.116. The maximum absolute atomic E-state index is 12.7. The maximum Gasteiger partial charge on any atom is 0.257 e. The van der Waals surface area contributed by atoms with Gasteiger partial charge < -0.3 is 14.6 Å². The Morgan fingerprint density at radius 1 is 1.18 bits per heavy atom. The van der Waals surface area contributed by atoms with Crippen molar-refractivity contribution in [3.63, 3.8) is 0 Å². The molecule has 0 unspecified atom stereocenters. The number of benzene rings is 2. The first kappa shape index (κ1) is 22.5. The number of aromatic nitrogens is 3. The predicted octanol–water partition coefficient (Wildman–Crippen LogP) is 4.95. The summed E-state index contributed by atoms with van der Waals surface area (Å²) in [5, 5.41) is 8.39. The van der Waals surface area contributed by atoms with Gasteiger partial charge in [-0.25, -0.2) is 9.97 Å². The molecule has 33 heavy (non-hydrogen) atoms. The van der Waals surface area contributed by atoms with Crippen LogP contribution in [0.2, 0.25) is 5.02 Å². The average Bonchev–Trinajstić information content (AvgIpc) is 3.50. The zero-order valence-corrected chi connectivity index (χ0v) is 19.2. The first-order chi connectivity index (χ1) is 16.0. The number of nitrogens with one attached hydrogen (secondary N) is 2. The lowest BCUT2D eigenvalue weighted by Gasteiger charge is -2.08. The van der Waals surface area contributed by atoms with Crippen LogP contribution in [0, 0.1) is 0 Å². The first-order valence-electron chi connectivity index (χ1n) is 9.98. The van der Waals surface area contributed by atoms with Crippen molar-refractivity contribution in [1.29, 1.82) is 0 Å². The number of methoxy groups -OCH3 is 1. The van der Waals surface area contributed by atoms with E-state index in [1.54, 1.807) is 62.2 Å². The summed E-state index contributed by atoms with van der Waals surface area (Å²) in [4.78, 5) is 33.3. The van der Waals surface area contributed by atoms with Gasteiger partial charge in [-0.05, 0) is 36.4 Å². The summed E-state index contributed by atoms with van der Waals surface area (Å²) in [7, 11) is 1.55. The summed E-state index contributed by atoms with van der Waals surface area (Å²) in [5.74, 6) is 0.111. The Morgan fingerprint density at radius 3 is 2.82 bits per heavy atom. The Bertz CT molecular complexity index is 1270. The van der Waals surface area contributed by atoms with Gasteiger partial charge in [0.1, 0.15) is 5.75 Å². The molecule has 0 radical (unpaired) electrons. The molecule has 0 bridgehead atoms. The number of imidazole rings is 1. The molecule has 2 aromatic heterocycles. The van der Waals surface area contributed by atoms with Gasteiger partial charge in [-0.15, -0.1) is 11.3 Å². The van der Waals surface area contributed by atoms with Crippen molar-refractivity contribution in [2.24, 2.45) is 0 Å². The number of ether oxygens (including phenoxy) is 1. The number of hydrogen-bond donors (Lipinski definition) is 2. The zero-order valence-electron chi connectivity index (χ0n) is 17.6. The second-order valence-electron chi connectivity index (χ2n) is 7.02. The van der Waals surface area contributed by atoms with Crippen LogP contribution < -0.4 is 15.4 Å². The summed E-state index contributed by atoms with van der Waals surface area (Å²) in [6.45, 7) is 0.526. The molecule has 0 saturated carbocycles. The number of rotatable bonds is 8. The van der Waals surface area contributed by atoms with Crippen molar-refractivity contribution in [2.45, 2.75) is 13.0 Å². The SMILES string of the molecule is COc1ccc(-c2csc(NC(=O)c3cccc(NC(=O)CCn4ccnc4)c3)n2)cc1Cl. The fraction of sp³-hybridized carbons (Fsp3) is 0.130. The molecule has 4 aromatic rings. The van der Waals surface area contributed by atoms with Gasteiger partial charge in [0.15, 0.2) is 5.13 Å². The topological polar surface area (TPSA) is 98.1 Å². The smallest absolute Gasteiger partial charge is 0.257 e. The van der Waals surface area contributed by atoms with Crippen molar-refractivity contribution in [2.75, 3.05) is 17.7 Å². The number of nitrogens with zero attached hydrogens (tertiary/aromatic N) is 3. The standard InChI is InChI=1S/C23H20ClN5O3S/c1-32-20-6-5-15(12-18(20)24)19-13-33-23(27-19)28-22(31)16-3-2-4-17(11-16)26-21(30)7-9-29-10-8-25-14-29/h2-6,8,10-14H,7,9H2,1H3,(H,26,30)(H,27,28,31). The highest BCUT2D eigenvalue weighted by Crippen LogP contribution is 2.31. The second kappa shape index (κ2) is 10.3. The van der Waals surface area contributed by atoms with E-state index in [0.29, 0.717) is 45.8 Å². The molecule has 10 heteroatoms. The van der Waals surface area contributed by atoms with Crippen molar-refractivity contribution in [3.05, 3.63) is 77.2 Å². The molecule has 0 aliphatic heterocycles. The van der Waals surface area contributed by atoms with Crippen LogP contribution >= 0.6 is 22.9 Å². The number of thiazole rings is 1. The van der Waals surface area contributed by atoms with E-state index in [0.717, 1.165) is 5.56 Å². The van der Waals surface area contributed by atoms with Crippen molar-refractivity contribution in [3.8, 4) is 17.0 Å². The molecular weight excluding hydrogens is 462 g/mol. The number of carbonyl (C=O) groups is 2. The molecule has 0 fully saturated rings. The number of amides is 2. The number of hydrogen-bond acceptors (Lipinski definition) is 6. The minimum Gasteiger partial charge on any atom is -0.495 e. The molecular formula is C23H20ClN5O3S. The van der Waals surface area contributed by atoms with E-state index in [1.165, 1.54) is 11.3 Å². The summed E-state index contributed by atoms with van der Waals surface area (Å²) < 4.78 is 7.00. The van der Waals surface area contributed by atoms with Crippen molar-refractivity contribution >= 4 is 45.6 Å². The van der Waals surface area contributed by atoms with Crippen molar-refractivity contribution < 1.29 is 14.3 Å². The molecule has 168 valence electrons. The Hall–Kier alpha value is -3.69. The number of carbonyl (C=O) groups excluding carboxylic acids is 2. The van der Waals surface area contributed by atoms with Gasteiger partial charge in [-0.1, -0.05) is 17.7 Å². The van der Waals surface area contributed by atoms with Crippen LogP contribution in [-0.2, 0) is 11.3 Å². The molecule has 0 spiro atoms. The molecule has 0 atom stereocenters. The molecule has 2 aromatic carbocycles. The minimum atomic E-state index is -0.321. The van der Waals surface area contributed by atoms with Gasteiger partial charge in [0.25, 0.3) is 5.91 Å². The Morgan fingerprint density at radius 2 is 2.06 bits per heavy atom. The molecule has 0 saturated heterocycles. The van der Waals surface area contributed by atoms with E-state index in [-0.39, 0.29) is 11.8 Å². The predicted molar refractivity (Wildman–Crippen MR) is 129 cm³/mol. The van der Waals surface area contributed by atoms with Crippen LogP contribution in [-0.4, -0.2) is 33.5 Å². The summed E-state index contributed by atoms with van der Waals surface area (Å²) in [6, 6.07) is 12.1. The molecule has 0 aliphatic carbocycles. The highest BCUT2D eigenvalue weighted by molar-refractivity contribution is 7.14. The third-order valence-corrected chi connectivity index (χ3v) is 5.79. The summed E-state index contributed by atoms with van der Waals surface area (Å²) in [6.07, 6.45) is 5.42. The van der Waals surface area contributed by atoms with E-state index in [1.807, 2.05) is 16.0 Å². The Labute approximate surface area is 199 Å². The fourth-order valence-electron chi connectivity index (χ4n) is 3.07. The lowest BCUT2D eigenvalue weighted by atomic mass is 10.1. The second-order valence-corrected chi connectivity index (χ2v) is 8.29. The van der Waals surface area contributed by atoms with Crippen LogP contribution in [0.25, 0.3) is 11.3 Å². The highest BCUT2D eigenvalue weighted by atomic mass is 35.5. The fourth-order valence-corrected chi connectivity index (χ4v) is 4.04. The summed E-state index contributed by atoms with van der Waals surface area (Å²) >= 11 is 7.50. The summed E-state index contributed by atoms with van der Waals surface area (Å²) in [5.41, 5.74) is 2.47. The monoisotopic (exact) mass is 481 g/mol. The maximum atomic E-state index is 12.7. The largest absolute Gasteiger partial charge is 0.495 e. The average molecular weight is 482 g/mol. The van der Waals surface area contributed by atoms with E-state index >= 15 is 0 Å². The van der Waals surface area contributed by atoms with Crippen LogP contribution in [0.3, 0.4) is 0 Å². The number of halogens is 1.